The Bertz CT molecular complexity index is 1470. The number of halogens is 3. The van der Waals surface area contributed by atoms with Crippen LogP contribution in [0.5, 0.6) is 0 Å². The molecule has 3 aliphatic heterocycles. The van der Waals surface area contributed by atoms with Crippen LogP contribution in [0.3, 0.4) is 0 Å². The molecule has 2 aromatic rings. The van der Waals surface area contributed by atoms with E-state index in [1.807, 2.05) is 0 Å². The number of nitrogens with zero attached hydrogens (tertiary/aromatic N) is 2. The fourth-order valence-electron chi connectivity index (χ4n) is 8.39. The van der Waals surface area contributed by atoms with Crippen molar-refractivity contribution in [3.8, 4) is 0 Å². The van der Waals surface area contributed by atoms with Crippen LogP contribution in [0.25, 0.3) is 0 Å². The van der Waals surface area contributed by atoms with Gasteiger partial charge >= 0.3 is 6.18 Å². The molecule has 7 rings (SSSR count). The largest absolute Gasteiger partial charge is 0.417 e. The van der Waals surface area contributed by atoms with E-state index in [0.29, 0.717) is 45.0 Å². The Morgan fingerprint density at radius 2 is 1.65 bits per heavy atom. The topological polar surface area (TPSA) is 73.9 Å². The summed E-state index contributed by atoms with van der Waals surface area (Å²) in [5.74, 6) is 0.00682. The van der Waals surface area contributed by atoms with Gasteiger partial charge in [-0.25, -0.2) is 0 Å². The molecule has 11 heteroatoms. The zero-order valence-electron chi connectivity index (χ0n) is 27.8. The average molecular weight is 662 g/mol. The van der Waals surface area contributed by atoms with Gasteiger partial charge in [-0.1, -0.05) is 27.2 Å². The second-order valence-corrected chi connectivity index (χ2v) is 20.7. The molecular weight excluding hydrogens is 613 g/mol. The number of hydrogen-bond acceptors (Lipinski definition) is 6. The molecule has 2 aromatic heterocycles. The van der Waals surface area contributed by atoms with Crippen LogP contribution in [0.1, 0.15) is 130 Å². The maximum absolute atomic E-state index is 13.6. The Morgan fingerprint density at radius 1 is 0.978 bits per heavy atom. The van der Waals surface area contributed by atoms with Crippen molar-refractivity contribution in [1.82, 2.24) is 4.98 Å². The third-order valence-corrected chi connectivity index (χ3v) is 16.6. The Hall–Kier alpha value is -2.05. The Morgan fingerprint density at radius 3 is 2.22 bits per heavy atom. The van der Waals surface area contributed by atoms with Gasteiger partial charge in [0.05, 0.1) is 34.4 Å². The number of hydrogen-bond donors (Lipinski definition) is 1. The Balaban J connectivity index is 1.49. The zero-order valence-corrected chi connectivity index (χ0v) is 28.8. The predicted molar refractivity (Wildman–Crippen MR) is 166 cm³/mol. The number of aromatic nitrogens is 2. The van der Waals surface area contributed by atoms with Crippen LogP contribution < -0.4 is 4.73 Å². The van der Waals surface area contributed by atoms with Crippen molar-refractivity contribution < 1.29 is 41.7 Å². The van der Waals surface area contributed by atoms with E-state index in [2.05, 4.69) is 38.8 Å². The minimum absolute atomic E-state index is 0.00682. The molecule has 46 heavy (non-hydrogen) atoms. The molecule has 2 aliphatic carbocycles. The fourth-order valence-corrected chi connectivity index (χ4v) is 9.66. The van der Waals surface area contributed by atoms with Crippen LogP contribution in [0.4, 0.5) is 13.2 Å². The monoisotopic (exact) mass is 661 g/mol. The highest BCUT2D eigenvalue weighted by Gasteiger charge is 2.59. The molecule has 1 N–H and O–H groups in total. The van der Waals surface area contributed by atoms with Crippen LogP contribution >= 0.6 is 0 Å². The van der Waals surface area contributed by atoms with Crippen LogP contribution in [-0.4, -0.2) is 44.9 Å². The second kappa shape index (κ2) is 11.3. The van der Waals surface area contributed by atoms with E-state index in [4.69, 9.17) is 18.6 Å². The molecule has 1 saturated carbocycles. The first-order valence-electron chi connectivity index (χ1n) is 17.0. The fraction of sp³-hybridized carbons (Fsp3) is 0.714. The maximum Gasteiger partial charge on any atom is 0.417 e. The summed E-state index contributed by atoms with van der Waals surface area (Å²) in [5.41, 5.74) is 3.67. The molecule has 2 saturated heterocycles. The molecule has 2 unspecified atom stereocenters. The van der Waals surface area contributed by atoms with Crippen molar-refractivity contribution in [3.05, 3.63) is 57.7 Å². The normalized spacial score (nSPS) is 26.2. The second-order valence-electron chi connectivity index (χ2n) is 15.9. The van der Waals surface area contributed by atoms with E-state index in [-0.39, 0.29) is 22.5 Å². The minimum Gasteiger partial charge on any atom is -0.410 e. The van der Waals surface area contributed by atoms with Gasteiger partial charge in [0.1, 0.15) is 11.7 Å². The molecule has 2 atom stereocenters. The number of pyridine rings is 2. The lowest BCUT2D eigenvalue weighted by Crippen LogP contribution is -2.53. The molecule has 252 valence electrons. The summed E-state index contributed by atoms with van der Waals surface area (Å²) >= 11 is 0. The van der Waals surface area contributed by atoms with Gasteiger partial charge in [-0.2, -0.15) is 13.2 Å². The van der Waals surface area contributed by atoms with Crippen LogP contribution in [0, 0.1) is 5.41 Å². The van der Waals surface area contributed by atoms with Crippen LogP contribution in [0.15, 0.2) is 18.3 Å². The molecule has 7 nitrogen and oxygen atoms in total. The van der Waals surface area contributed by atoms with E-state index < -0.39 is 31.8 Å². The lowest BCUT2D eigenvalue weighted by molar-refractivity contribution is -0.916. The van der Waals surface area contributed by atoms with Crippen molar-refractivity contribution >= 4 is 8.32 Å². The van der Waals surface area contributed by atoms with Gasteiger partial charge in [0.15, 0.2) is 8.32 Å². The van der Waals surface area contributed by atoms with Gasteiger partial charge < -0.3 is 18.6 Å². The third-order valence-electron chi connectivity index (χ3n) is 12.1. The molecule has 3 fully saturated rings. The summed E-state index contributed by atoms with van der Waals surface area (Å²) < 4.78 is 68.3. The van der Waals surface area contributed by atoms with Gasteiger partial charge in [0.25, 0.3) is 0 Å². The zero-order chi connectivity index (χ0) is 32.7. The first-order valence-corrected chi connectivity index (χ1v) is 19.9. The van der Waals surface area contributed by atoms with Crippen molar-refractivity contribution in [3.63, 3.8) is 0 Å². The van der Waals surface area contributed by atoms with E-state index >= 15 is 0 Å². The van der Waals surface area contributed by atoms with E-state index in [9.17, 15) is 18.4 Å². The maximum atomic E-state index is 13.6. The summed E-state index contributed by atoms with van der Waals surface area (Å²) in [5, 5.41) is 12.4. The molecular formula is C35H48F3N2O5Si+. The van der Waals surface area contributed by atoms with Gasteiger partial charge in [0.2, 0.25) is 11.4 Å². The highest BCUT2D eigenvalue weighted by molar-refractivity contribution is 6.74. The summed E-state index contributed by atoms with van der Waals surface area (Å²) in [6.45, 7) is 13.5. The standard InChI is InChI=1S/C35H48F3N2O5Si/c1-32(2,3)46(4,5)45-26-20-33(11-6-12-33)19-25-27(26)29-28(30(40(25)41)22-9-15-42-16-10-22)31(44-34(29)13-17-43-18-14-34)24-8-7-23(21-39-24)35(36,37)38/h7-8,21-22,26,31,41H,6,9-20H2,1-5H3/q+1. The third kappa shape index (κ3) is 5.32. The average Bonchev–Trinajstić information content (AvgIpc) is 3.29. The van der Waals surface area contributed by atoms with Gasteiger partial charge in [-0.3, -0.25) is 10.2 Å². The van der Waals surface area contributed by atoms with Crippen LogP contribution in [-0.2, 0) is 36.8 Å². The molecule has 0 aromatic carbocycles. The van der Waals surface area contributed by atoms with Crippen molar-refractivity contribution in [2.45, 2.75) is 127 Å². The quantitative estimate of drug-likeness (QED) is 0.205. The molecule has 5 heterocycles. The molecule has 5 aliphatic rings. The van der Waals surface area contributed by atoms with Gasteiger partial charge in [-0.15, -0.1) is 0 Å². The predicted octanol–water partition coefficient (Wildman–Crippen LogP) is 7.82. The van der Waals surface area contributed by atoms with Crippen molar-refractivity contribution in [1.29, 1.82) is 0 Å². The van der Waals surface area contributed by atoms with E-state index in [1.165, 1.54) is 17.2 Å². The minimum atomic E-state index is -4.49. The molecule has 2 spiro atoms. The van der Waals surface area contributed by atoms with Gasteiger partial charge in [-0.05, 0) is 67.8 Å². The Kier molecular flexibility index (Phi) is 7.95. The molecule has 0 amide bonds. The SMILES string of the molecule is CC(C)(C)[Si](C)(C)OC1CC2(CCC2)Cc2c1c1c(c(C3CCOCC3)[n+]2O)C(c2ccc(C(F)(F)F)cn2)OC12CCOCC2. The summed E-state index contributed by atoms with van der Waals surface area (Å²) in [7, 11) is -2.27. The molecule has 0 radical (unpaired) electrons. The summed E-state index contributed by atoms with van der Waals surface area (Å²) in [6, 6.07) is 2.53. The smallest absolute Gasteiger partial charge is 0.410 e. The van der Waals surface area contributed by atoms with Crippen molar-refractivity contribution in [2.24, 2.45) is 5.41 Å². The number of fused-ring (bicyclic) bond motifs is 4. The highest BCUT2D eigenvalue weighted by atomic mass is 28.4. The lowest BCUT2D eigenvalue weighted by atomic mass is 9.58. The first-order chi connectivity index (χ1) is 21.6. The van der Waals surface area contributed by atoms with Crippen LogP contribution in [0.2, 0.25) is 18.1 Å². The lowest BCUT2D eigenvalue weighted by Gasteiger charge is -2.50. The summed E-state index contributed by atoms with van der Waals surface area (Å²) in [4.78, 5) is 4.37. The number of ether oxygens (including phenoxy) is 3. The first kappa shape index (κ1) is 32.5. The summed E-state index contributed by atoms with van der Waals surface area (Å²) in [6.07, 6.45) is 3.24. The van der Waals surface area contributed by atoms with E-state index in [1.54, 1.807) is 0 Å². The van der Waals surface area contributed by atoms with Gasteiger partial charge in [0, 0.05) is 62.2 Å². The highest BCUT2D eigenvalue weighted by Crippen LogP contribution is 2.61. The number of alkyl halides is 3. The Labute approximate surface area is 270 Å². The molecule has 0 bridgehead atoms. The number of rotatable bonds is 4. The van der Waals surface area contributed by atoms with Crippen molar-refractivity contribution in [2.75, 3.05) is 26.4 Å². The van der Waals surface area contributed by atoms with E-state index in [0.717, 1.165) is 78.9 Å².